The zero-order chi connectivity index (χ0) is 17.5. The van der Waals surface area contributed by atoms with Gasteiger partial charge in [0.15, 0.2) is 0 Å². The van der Waals surface area contributed by atoms with Crippen molar-refractivity contribution in [2.75, 3.05) is 18.0 Å². The van der Waals surface area contributed by atoms with Crippen LogP contribution >= 0.6 is 0 Å². The number of nitrogens with zero attached hydrogens (tertiary/aromatic N) is 1. The zero-order valence-electron chi connectivity index (χ0n) is 13.2. The summed E-state index contributed by atoms with van der Waals surface area (Å²) in [5, 5.41) is 2.71. The van der Waals surface area contributed by atoms with E-state index in [1.54, 1.807) is 0 Å². The number of alkyl halides is 3. The van der Waals surface area contributed by atoms with Crippen molar-refractivity contribution in [2.45, 2.75) is 39.3 Å². The number of benzene rings is 1. The monoisotopic (exact) mass is 330 g/mol. The first-order chi connectivity index (χ1) is 10.8. The van der Waals surface area contributed by atoms with Gasteiger partial charge in [-0.3, -0.25) is 9.59 Å². The molecule has 0 heterocycles. The maximum Gasteiger partial charge on any atom is 0.416 e. The van der Waals surface area contributed by atoms with Crippen LogP contribution < -0.4 is 10.2 Å². The Morgan fingerprint density at radius 2 is 1.96 bits per heavy atom. The molecule has 0 saturated heterocycles. The topological polar surface area (TPSA) is 49.4 Å². The molecule has 1 aromatic rings. The Bertz CT molecular complexity index is 544. The van der Waals surface area contributed by atoms with E-state index in [4.69, 9.17) is 0 Å². The second-order valence-corrected chi connectivity index (χ2v) is 5.17. The summed E-state index contributed by atoms with van der Waals surface area (Å²) in [7, 11) is 0. The molecule has 0 bridgehead atoms. The van der Waals surface area contributed by atoms with Gasteiger partial charge in [0.1, 0.15) is 0 Å². The van der Waals surface area contributed by atoms with E-state index in [2.05, 4.69) is 5.32 Å². The highest BCUT2D eigenvalue weighted by atomic mass is 19.4. The SMILES string of the molecule is CCCCNC(=O)CCN(C(C)=O)c1cccc(C(F)(F)F)c1. The number of nitrogens with one attached hydrogen (secondary N) is 1. The van der Waals surface area contributed by atoms with Gasteiger partial charge in [0.25, 0.3) is 0 Å². The highest BCUT2D eigenvalue weighted by Gasteiger charge is 2.31. The van der Waals surface area contributed by atoms with Crippen molar-refractivity contribution in [2.24, 2.45) is 0 Å². The Labute approximate surface area is 133 Å². The molecule has 0 atom stereocenters. The van der Waals surface area contributed by atoms with Crippen LogP contribution in [0.3, 0.4) is 0 Å². The van der Waals surface area contributed by atoms with Crippen LogP contribution in [-0.4, -0.2) is 24.9 Å². The Balaban J connectivity index is 2.76. The molecule has 128 valence electrons. The average molecular weight is 330 g/mol. The smallest absolute Gasteiger partial charge is 0.356 e. The molecule has 0 aliphatic heterocycles. The number of unbranched alkanes of at least 4 members (excludes halogenated alkanes) is 1. The summed E-state index contributed by atoms with van der Waals surface area (Å²) in [6, 6.07) is 4.52. The molecule has 0 saturated carbocycles. The van der Waals surface area contributed by atoms with Gasteiger partial charge >= 0.3 is 6.18 Å². The molecule has 23 heavy (non-hydrogen) atoms. The number of rotatable bonds is 7. The summed E-state index contributed by atoms with van der Waals surface area (Å²) in [5.41, 5.74) is -0.692. The van der Waals surface area contributed by atoms with Crippen molar-refractivity contribution >= 4 is 17.5 Å². The Hall–Kier alpha value is -2.05. The van der Waals surface area contributed by atoms with Crippen molar-refractivity contribution in [1.29, 1.82) is 0 Å². The van der Waals surface area contributed by atoms with E-state index in [0.717, 1.165) is 25.0 Å². The summed E-state index contributed by atoms with van der Waals surface area (Å²) in [6.45, 7) is 3.85. The van der Waals surface area contributed by atoms with E-state index in [-0.39, 0.29) is 24.6 Å². The van der Waals surface area contributed by atoms with Gasteiger partial charge in [-0.05, 0) is 24.6 Å². The molecule has 7 heteroatoms. The maximum absolute atomic E-state index is 12.8. The van der Waals surface area contributed by atoms with E-state index < -0.39 is 17.6 Å². The molecule has 0 radical (unpaired) electrons. The predicted molar refractivity (Wildman–Crippen MR) is 82.0 cm³/mol. The quantitative estimate of drug-likeness (QED) is 0.779. The van der Waals surface area contributed by atoms with Crippen molar-refractivity contribution in [3.05, 3.63) is 29.8 Å². The van der Waals surface area contributed by atoms with E-state index in [9.17, 15) is 22.8 Å². The number of hydrogen-bond donors (Lipinski definition) is 1. The third-order valence-electron chi connectivity index (χ3n) is 3.28. The molecule has 0 aromatic heterocycles. The fourth-order valence-corrected chi connectivity index (χ4v) is 2.02. The molecule has 1 N–H and O–H groups in total. The van der Waals surface area contributed by atoms with Gasteiger partial charge < -0.3 is 10.2 Å². The van der Waals surface area contributed by atoms with Crippen molar-refractivity contribution in [3.8, 4) is 0 Å². The third-order valence-corrected chi connectivity index (χ3v) is 3.28. The minimum atomic E-state index is -4.48. The number of amides is 2. The summed E-state index contributed by atoms with van der Waals surface area (Å²) in [5.74, 6) is -0.637. The summed E-state index contributed by atoms with van der Waals surface area (Å²) < 4.78 is 38.3. The molecule has 0 unspecified atom stereocenters. The lowest BCUT2D eigenvalue weighted by molar-refractivity contribution is -0.137. The first kappa shape index (κ1) is 19.0. The number of carbonyl (C=O) groups is 2. The van der Waals surface area contributed by atoms with E-state index in [1.807, 2.05) is 6.92 Å². The molecule has 0 aliphatic carbocycles. The highest BCUT2D eigenvalue weighted by molar-refractivity contribution is 5.92. The van der Waals surface area contributed by atoms with Gasteiger partial charge in [-0.15, -0.1) is 0 Å². The second kappa shape index (κ2) is 8.55. The van der Waals surface area contributed by atoms with Crippen molar-refractivity contribution in [3.63, 3.8) is 0 Å². The lowest BCUT2D eigenvalue weighted by Gasteiger charge is -2.22. The van der Waals surface area contributed by atoms with Crippen LogP contribution in [0.1, 0.15) is 38.7 Å². The van der Waals surface area contributed by atoms with Gasteiger partial charge in [-0.1, -0.05) is 19.4 Å². The number of carbonyl (C=O) groups excluding carboxylic acids is 2. The lowest BCUT2D eigenvalue weighted by atomic mass is 10.1. The van der Waals surface area contributed by atoms with Gasteiger partial charge in [-0.25, -0.2) is 0 Å². The molecule has 2 amide bonds. The largest absolute Gasteiger partial charge is 0.416 e. The Kier molecular flexibility index (Phi) is 7.06. The average Bonchev–Trinajstić information content (AvgIpc) is 2.47. The molecule has 0 fully saturated rings. The number of hydrogen-bond acceptors (Lipinski definition) is 2. The molecule has 1 aromatic carbocycles. The van der Waals surface area contributed by atoms with Crippen LogP contribution in [0.5, 0.6) is 0 Å². The van der Waals surface area contributed by atoms with Crippen LogP contribution in [0.2, 0.25) is 0 Å². The fraction of sp³-hybridized carbons (Fsp3) is 0.500. The van der Waals surface area contributed by atoms with E-state index in [0.29, 0.717) is 6.54 Å². The molecule has 0 aliphatic rings. The molecular formula is C16H21F3N2O2. The molecule has 1 rings (SSSR count). The highest BCUT2D eigenvalue weighted by Crippen LogP contribution is 2.31. The Morgan fingerprint density at radius 3 is 2.52 bits per heavy atom. The number of anilines is 1. The first-order valence-corrected chi connectivity index (χ1v) is 7.47. The molecule has 0 spiro atoms. The predicted octanol–water partition coefficient (Wildman–Crippen LogP) is 3.36. The van der Waals surface area contributed by atoms with Crippen LogP contribution in [-0.2, 0) is 15.8 Å². The minimum Gasteiger partial charge on any atom is -0.356 e. The van der Waals surface area contributed by atoms with Gasteiger partial charge in [-0.2, -0.15) is 13.2 Å². The van der Waals surface area contributed by atoms with Crippen LogP contribution in [0.4, 0.5) is 18.9 Å². The fourth-order valence-electron chi connectivity index (χ4n) is 2.02. The minimum absolute atomic E-state index is 0.0363. The van der Waals surface area contributed by atoms with E-state index in [1.165, 1.54) is 24.0 Å². The Morgan fingerprint density at radius 1 is 1.26 bits per heavy atom. The van der Waals surface area contributed by atoms with Gasteiger partial charge in [0.05, 0.1) is 5.56 Å². The second-order valence-electron chi connectivity index (χ2n) is 5.17. The van der Waals surface area contributed by atoms with Crippen LogP contribution in [0.15, 0.2) is 24.3 Å². The van der Waals surface area contributed by atoms with Crippen LogP contribution in [0.25, 0.3) is 0 Å². The van der Waals surface area contributed by atoms with Crippen molar-refractivity contribution in [1.82, 2.24) is 5.32 Å². The molecular weight excluding hydrogens is 309 g/mol. The summed E-state index contributed by atoms with van der Waals surface area (Å²) in [4.78, 5) is 24.5. The normalized spacial score (nSPS) is 11.2. The van der Waals surface area contributed by atoms with E-state index >= 15 is 0 Å². The zero-order valence-corrected chi connectivity index (χ0v) is 13.2. The first-order valence-electron chi connectivity index (χ1n) is 7.47. The summed E-state index contributed by atoms with van der Waals surface area (Å²) >= 11 is 0. The van der Waals surface area contributed by atoms with Crippen molar-refractivity contribution < 1.29 is 22.8 Å². The number of halogens is 3. The summed E-state index contributed by atoms with van der Waals surface area (Å²) in [6.07, 6.45) is -2.63. The van der Waals surface area contributed by atoms with Gasteiger partial charge in [0.2, 0.25) is 11.8 Å². The standard InChI is InChI=1S/C16H21F3N2O2/c1-3-4-9-20-15(23)8-10-21(12(2)22)14-7-5-6-13(11-14)16(17,18)19/h5-7,11H,3-4,8-10H2,1-2H3,(H,20,23). The molecule has 4 nitrogen and oxygen atoms in total. The van der Waals surface area contributed by atoms with Crippen LogP contribution in [0, 0.1) is 0 Å². The maximum atomic E-state index is 12.8. The lowest BCUT2D eigenvalue weighted by Crippen LogP contribution is -2.34. The third kappa shape index (κ3) is 6.30. The van der Waals surface area contributed by atoms with Gasteiger partial charge in [0, 0.05) is 32.1 Å².